The molecule has 0 radical (unpaired) electrons. The Morgan fingerprint density at radius 1 is 1.43 bits per heavy atom. The van der Waals surface area contributed by atoms with E-state index in [4.69, 9.17) is 15.9 Å². The molecule has 2 heterocycles. The van der Waals surface area contributed by atoms with E-state index in [0.717, 1.165) is 25.5 Å². The first-order chi connectivity index (χ1) is 13.2. The smallest absolute Gasteiger partial charge is 0.273 e. The molecular weight excluding hydrogens is 370 g/mol. The van der Waals surface area contributed by atoms with Crippen LogP contribution in [0, 0.1) is 17.2 Å². The molecule has 0 amide bonds. The second-order valence-electron chi connectivity index (χ2n) is 9.47. The number of aliphatic hydroxyl groups excluding tert-OH is 1. The highest BCUT2D eigenvalue weighted by molar-refractivity contribution is 6.76. The Balaban J connectivity index is 1.71. The van der Waals surface area contributed by atoms with Crippen molar-refractivity contribution < 1.29 is 14.4 Å². The molecule has 28 heavy (non-hydrogen) atoms. The Kier molecular flexibility index (Phi) is 6.41. The minimum absolute atomic E-state index is 0.0895. The fourth-order valence-electron chi connectivity index (χ4n) is 4.41. The number of aliphatic hydroxyl groups is 1. The van der Waals surface area contributed by atoms with Crippen LogP contribution in [-0.4, -0.2) is 72.2 Å². The number of fused-ring (bicyclic) bond motifs is 1. The summed E-state index contributed by atoms with van der Waals surface area (Å²) in [7, 11) is -1.10. The maximum atomic E-state index is 10.1. The zero-order valence-electron chi connectivity index (χ0n) is 17.6. The highest BCUT2D eigenvalue weighted by Crippen LogP contribution is 2.35. The zero-order valence-corrected chi connectivity index (χ0v) is 18.6. The number of rotatable bonds is 7. The number of amidine groups is 2. The summed E-state index contributed by atoms with van der Waals surface area (Å²) in [5, 5.41) is 18.5. The molecule has 4 N–H and O–H groups in total. The van der Waals surface area contributed by atoms with Crippen molar-refractivity contribution in [2.75, 3.05) is 13.3 Å². The Morgan fingerprint density at radius 2 is 2.18 bits per heavy atom. The van der Waals surface area contributed by atoms with Crippen LogP contribution in [0.4, 0.5) is 0 Å². The van der Waals surface area contributed by atoms with Crippen LogP contribution in [-0.2, 0) is 4.74 Å². The molecule has 1 saturated carbocycles. The highest BCUT2D eigenvalue weighted by atomic mass is 28.3. The van der Waals surface area contributed by atoms with Gasteiger partial charge >= 0.3 is 0 Å². The van der Waals surface area contributed by atoms with E-state index in [1.807, 2.05) is 10.8 Å². The average Bonchev–Trinajstić information content (AvgIpc) is 3.20. The van der Waals surface area contributed by atoms with Crippen LogP contribution >= 0.6 is 0 Å². The van der Waals surface area contributed by atoms with Gasteiger partial charge in [0, 0.05) is 26.8 Å². The summed E-state index contributed by atoms with van der Waals surface area (Å²) in [4.78, 5) is 6.66. The summed E-state index contributed by atoms with van der Waals surface area (Å²) in [5.41, 5.74) is 6.59. The standard InChI is InChI=1S/C20H35N5O2Si/c1-5-14-10-15(26)11-16(14)19(22)25-17-6-7-24(20(17)23-12-18(25)21)13-27-8-9-28(2,3)4/h6-7,12,14-17,20-22,26H,5,8-11,13H2,1-4H3/p+1. The second kappa shape index (κ2) is 8.47. The summed E-state index contributed by atoms with van der Waals surface area (Å²) in [6.07, 6.45) is 7.71. The SMILES string of the molecule is CCC1CC(O)CC1C(N)=[N+]1C(=N)C=NC2C1C=CN2COCC[Si](C)(C)C. The Hall–Kier alpha value is -1.51. The van der Waals surface area contributed by atoms with Crippen molar-refractivity contribution in [2.45, 2.75) is 70.2 Å². The van der Waals surface area contributed by atoms with Gasteiger partial charge in [0.1, 0.15) is 12.8 Å². The van der Waals surface area contributed by atoms with Crippen molar-refractivity contribution in [3.8, 4) is 0 Å². The monoisotopic (exact) mass is 406 g/mol. The molecule has 0 aromatic carbocycles. The predicted octanol–water partition coefficient (Wildman–Crippen LogP) is 2.05. The van der Waals surface area contributed by atoms with E-state index in [9.17, 15) is 5.11 Å². The molecule has 0 bridgehead atoms. The zero-order chi connectivity index (χ0) is 20.5. The Morgan fingerprint density at radius 3 is 2.86 bits per heavy atom. The number of ether oxygens (including phenoxy) is 1. The molecular formula is C20H36N5O2Si+. The number of nitrogens with two attached hydrogens (primary N) is 1. The van der Waals surface area contributed by atoms with Gasteiger partial charge in [-0.25, -0.2) is 4.58 Å². The lowest BCUT2D eigenvalue weighted by atomic mass is 9.92. The van der Waals surface area contributed by atoms with Gasteiger partial charge < -0.3 is 20.5 Å². The van der Waals surface area contributed by atoms with Gasteiger partial charge in [0.2, 0.25) is 0 Å². The van der Waals surface area contributed by atoms with Gasteiger partial charge in [-0.15, -0.1) is 0 Å². The fourth-order valence-corrected chi connectivity index (χ4v) is 5.17. The predicted molar refractivity (Wildman–Crippen MR) is 116 cm³/mol. The third-order valence-electron chi connectivity index (χ3n) is 6.12. The molecule has 1 fully saturated rings. The summed E-state index contributed by atoms with van der Waals surface area (Å²) < 4.78 is 7.81. The van der Waals surface area contributed by atoms with E-state index < -0.39 is 8.07 Å². The van der Waals surface area contributed by atoms with Gasteiger partial charge in [0.25, 0.3) is 5.84 Å². The molecule has 3 rings (SSSR count). The minimum Gasteiger partial charge on any atom is -0.393 e. The van der Waals surface area contributed by atoms with Crippen molar-refractivity contribution in [2.24, 2.45) is 22.6 Å². The van der Waals surface area contributed by atoms with Crippen LogP contribution in [0.25, 0.3) is 0 Å². The first kappa shape index (κ1) is 21.2. The fraction of sp³-hybridized carbons (Fsp3) is 0.750. The van der Waals surface area contributed by atoms with E-state index in [0.29, 0.717) is 30.7 Å². The van der Waals surface area contributed by atoms with Gasteiger partial charge in [-0.2, -0.15) is 5.41 Å². The number of hydrogen-bond donors (Lipinski definition) is 3. The van der Waals surface area contributed by atoms with Crippen molar-refractivity contribution in [1.29, 1.82) is 5.41 Å². The third kappa shape index (κ3) is 4.55. The van der Waals surface area contributed by atoms with Crippen molar-refractivity contribution in [3.05, 3.63) is 12.3 Å². The van der Waals surface area contributed by atoms with Crippen LogP contribution in [0.2, 0.25) is 25.7 Å². The molecule has 5 atom stereocenters. The largest absolute Gasteiger partial charge is 0.393 e. The van der Waals surface area contributed by atoms with E-state index in [1.54, 1.807) is 6.21 Å². The maximum Gasteiger partial charge on any atom is 0.273 e. The van der Waals surface area contributed by atoms with Gasteiger partial charge in [0.15, 0.2) is 12.0 Å². The number of nitrogens with zero attached hydrogens (tertiary/aromatic N) is 3. The normalized spacial score (nSPS) is 34.2. The van der Waals surface area contributed by atoms with Gasteiger partial charge in [-0.3, -0.25) is 4.99 Å². The molecule has 156 valence electrons. The van der Waals surface area contributed by atoms with Crippen molar-refractivity contribution >= 4 is 26.0 Å². The van der Waals surface area contributed by atoms with Crippen LogP contribution in [0.3, 0.4) is 0 Å². The summed E-state index contributed by atoms with van der Waals surface area (Å²) in [5.74, 6) is 1.50. The van der Waals surface area contributed by atoms with Crippen LogP contribution in [0.15, 0.2) is 17.3 Å². The van der Waals surface area contributed by atoms with E-state index in [2.05, 4.69) is 42.5 Å². The molecule has 2 aliphatic heterocycles. The number of nitrogens with one attached hydrogen (secondary N) is 1. The van der Waals surface area contributed by atoms with Crippen molar-refractivity contribution in [1.82, 2.24) is 4.90 Å². The van der Waals surface area contributed by atoms with Crippen LogP contribution in [0.5, 0.6) is 0 Å². The first-order valence-electron chi connectivity index (χ1n) is 10.4. The van der Waals surface area contributed by atoms with Gasteiger partial charge in [-0.05, 0) is 30.9 Å². The maximum absolute atomic E-state index is 10.1. The van der Waals surface area contributed by atoms with Crippen LogP contribution in [0.1, 0.15) is 26.2 Å². The van der Waals surface area contributed by atoms with E-state index in [1.165, 1.54) is 0 Å². The minimum atomic E-state index is -1.10. The van der Waals surface area contributed by atoms with E-state index in [-0.39, 0.29) is 24.2 Å². The quantitative estimate of drug-likeness (QED) is 0.261. The summed E-state index contributed by atoms with van der Waals surface area (Å²) in [6.45, 7) is 10.5. The highest BCUT2D eigenvalue weighted by Gasteiger charge is 2.43. The molecule has 5 unspecified atom stereocenters. The molecule has 3 aliphatic rings. The van der Waals surface area contributed by atoms with Crippen LogP contribution < -0.4 is 5.73 Å². The lowest BCUT2D eigenvalue weighted by molar-refractivity contribution is -0.450. The average molecular weight is 407 g/mol. The lowest BCUT2D eigenvalue weighted by Crippen LogP contribution is -2.52. The molecule has 0 spiro atoms. The van der Waals surface area contributed by atoms with Gasteiger partial charge in [-0.1, -0.05) is 33.0 Å². The molecule has 0 aromatic heterocycles. The first-order valence-corrected chi connectivity index (χ1v) is 14.1. The second-order valence-corrected chi connectivity index (χ2v) is 15.1. The number of aliphatic imine (C=N–C) groups is 1. The Bertz CT molecular complexity index is 685. The molecule has 0 aromatic rings. The molecule has 0 saturated heterocycles. The lowest BCUT2D eigenvalue weighted by Gasteiger charge is -2.31. The number of hydrogen-bond acceptors (Lipinski definition) is 5. The molecule has 8 heteroatoms. The van der Waals surface area contributed by atoms with Gasteiger partial charge in [0.05, 0.1) is 12.3 Å². The van der Waals surface area contributed by atoms with Crippen molar-refractivity contribution in [3.63, 3.8) is 0 Å². The summed E-state index contributed by atoms with van der Waals surface area (Å²) >= 11 is 0. The Labute approximate surface area is 169 Å². The molecule has 1 aliphatic carbocycles. The third-order valence-corrected chi connectivity index (χ3v) is 7.82. The topological polar surface area (TPSA) is 97.9 Å². The summed E-state index contributed by atoms with van der Waals surface area (Å²) in [6, 6.07) is 1.05. The van der Waals surface area contributed by atoms with E-state index >= 15 is 0 Å². The molecule has 7 nitrogen and oxygen atoms in total.